The van der Waals surface area contributed by atoms with Gasteiger partial charge in [-0.05, 0) is 35.2 Å². The average molecular weight is 316 g/mol. The molecule has 22 heavy (non-hydrogen) atoms. The van der Waals surface area contributed by atoms with Crippen LogP contribution >= 0.6 is 0 Å². The van der Waals surface area contributed by atoms with Crippen molar-refractivity contribution in [3.8, 4) is 16.9 Å². The van der Waals surface area contributed by atoms with Crippen LogP contribution in [0.3, 0.4) is 0 Å². The Morgan fingerprint density at radius 3 is 2.00 bits per heavy atom. The number of aryl methyl sites for hydroxylation is 1. The number of benzene rings is 2. The maximum absolute atomic E-state index is 12.8. The van der Waals surface area contributed by atoms with Gasteiger partial charge in [0.1, 0.15) is 5.75 Å². The van der Waals surface area contributed by atoms with Gasteiger partial charge in [0.2, 0.25) is 0 Å². The quantitative estimate of drug-likeness (QED) is 0.682. The number of halogens is 5. The molecule has 0 atom stereocenters. The third-order valence-corrected chi connectivity index (χ3v) is 3.14. The molecule has 0 aliphatic carbocycles. The summed E-state index contributed by atoms with van der Waals surface area (Å²) in [4.78, 5) is 0. The summed E-state index contributed by atoms with van der Waals surface area (Å²) in [6.07, 6.45) is -10.2. The Morgan fingerprint density at radius 1 is 0.864 bits per heavy atom. The molecule has 0 saturated carbocycles. The van der Waals surface area contributed by atoms with Gasteiger partial charge in [0, 0.05) is 0 Å². The molecule has 0 bridgehead atoms. The first-order valence-corrected chi connectivity index (χ1v) is 6.56. The van der Waals surface area contributed by atoms with Crippen molar-refractivity contribution in [3.05, 3.63) is 54.1 Å². The van der Waals surface area contributed by atoms with Crippen LogP contribution in [0, 0.1) is 0 Å². The molecule has 0 aromatic heterocycles. The van der Waals surface area contributed by atoms with E-state index in [4.69, 9.17) is 0 Å². The molecule has 0 N–H and O–H groups in total. The van der Waals surface area contributed by atoms with Crippen LogP contribution in [0.5, 0.6) is 5.75 Å². The van der Waals surface area contributed by atoms with Crippen LogP contribution in [-0.4, -0.2) is 12.3 Å². The normalized spacial score (nSPS) is 12.3. The molecule has 2 rings (SSSR count). The van der Waals surface area contributed by atoms with Crippen molar-refractivity contribution in [2.75, 3.05) is 0 Å². The molecular formula is C16H13F5O. The summed E-state index contributed by atoms with van der Waals surface area (Å²) in [7, 11) is 0. The molecule has 0 heterocycles. The number of alkyl halides is 5. The lowest BCUT2D eigenvalue weighted by Gasteiger charge is -2.20. The Labute approximate surface area is 124 Å². The highest BCUT2D eigenvalue weighted by Gasteiger charge is 2.61. The minimum absolute atomic E-state index is 0.542. The Bertz CT molecular complexity index is 632. The fourth-order valence-corrected chi connectivity index (χ4v) is 2.02. The predicted molar refractivity (Wildman–Crippen MR) is 72.9 cm³/mol. The van der Waals surface area contributed by atoms with Gasteiger partial charge < -0.3 is 4.74 Å². The minimum Gasteiger partial charge on any atom is -0.426 e. The van der Waals surface area contributed by atoms with Crippen LogP contribution in [-0.2, 0) is 6.42 Å². The van der Waals surface area contributed by atoms with Gasteiger partial charge in [-0.15, -0.1) is 0 Å². The molecule has 0 amide bonds. The Balaban J connectivity index is 2.24. The van der Waals surface area contributed by atoms with E-state index in [1.165, 1.54) is 12.1 Å². The van der Waals surface area contributed by atoms with Gasteiger partial charge in [-0.25, -0.2) is 0 Å². The SMILES string of the molecule is CCc1ccccc1-c1ccc(OC(F)(F)C(F)(F)F)cc1. The highest BCUT2D eigenvalue weighted by Crippen LogP contribution is 2.37. The molecule has 2 aromatic rings. The largest absolute Gasteiger partial charge is 0.499 e. The van der Waals surface area contributed by atoms with E-state index < -0.39 is 18.0 Å². The third-order valence-electron chi connectivity index (χ3n) is 3.14. The molecule has 1 nitrogen and oxygen atoms in total. The summed E-state index contributed by atoms with van der Waals surface area (Å²) >= 11 is 0. The summed E-state index contributed by atoms with van der Waals surface area (Å²) in [5, 5.41) is 0. The third kappa shape index (κ3) is 3.37. The van der Waals surface area contributed by atoms with Crippen LogP contribution in [0.25, 0.3) is 11.1 Å². The van der Waals surface area contributed by atoms with Crippen LogP contribution in [0.4, 0.5) is 22.0 Å². The fourth-order valence-electron chi connectivity index (χ4n) is 2.02. The van der Waals surface area contributed by atoms with E-state index in [0.717, 1.165) is 35.2 Å². The molecular weight excluding hydrogens is 303 g/mol. The zero-order chi connectivity index (χ0) is 16.4. The van der Waals surface area contributed by atoms with E-state index >= 15 is 0 Å². The highest BCUT2D eigenvalue weighted by atomic mass is 19.4. The monoisotopic (exact) mass is 316 g/mol. The van der Waals surface area contributed by atoms with Gasteiger partial charge in [0.15, 0.2) is 0 Å². The molecule has 0 fully saturated rings. The van der Waals surface area contributed by atoms with Gasteiger partial charge in [-0.1, -0.05) is 43.3 Å². The molecule has 0 saturated heterocycles. The first kappa shape index (κ1) is 16.3. The van der Waals surface area contributed by atoms with E-state index in [0.29, 0.717) is 0 Å². The van der Waals surface area contributed by atoms with E-state index in [1.807, 2.05) is 31.2 Å². The second kappa shape index (κ2) is 5.94. The van der Waals surface area contributed by atoms with Gasteiger partial charge in [0.05, 0.1) is 0 Å². The molecule has 0 radical (unpaired) electrons. The summed E-state index contributed by atoms with van der Waals surface area (Å²) in [5.74, 6) is -0.542. The second-order valence-corrected chi connectivity index (χ2v) is 4.65. The molecule has 6 heteroatoms. The summed E-state index contributed by atoms with van der Waals surface area (Å²) in [6, 6.07) is 12.6. The van der Waals surface area contributed by atoms with E-state index in [9.17, 15) is 22.0 Å². The number of hydrogen-bond acceptors (Lipinski definition) is 1. The fraction of sp³-hybridized carbons (Fsp3) is 0.250. The first-order valence-electron chi connectivity index (χ1n) is 6.56. The topological polar surface area (TPSA) is 9.23 Å². The van der Waals surface area contributed by atoms with Gasteiger partial charge in [-0.2, -0.15) is 22.0 Å². The number of rotatable bonds is 4. The molecule has 2 aromatic carbocycles. The maximum atomic E-state index is 12.8. The van der Waals surface area contributed by atoms with Crippen LogP contribution in [0.1, 0.15) is 12.5 Å². The summed E-state index contributed by atoms with van der Waals surface area (Å²) in [6.45, 7) is 1.97. The zero-order valence-electron chi connectivity index (χ0n) is 11.6. The van der Waals surface area contributed by atoms with Crippen molar-refractivity contribution in [2.45, 2.75) is 25.6 Å². The maximum Gasteiger partial charge on any atom is 0.499 e. The minimum atomic E-state index is -5.75. The van der Waals surface area contributed by atoms with E-state index in [-0.39, 0.29) is 0 Å². The zero-order valence-corrected chi connectivity index (χ0v) is 11.6. The summed E-state index contributed by atoms with van der Waals surface area (Å²) < 4.78 is 65.6. The van der Waals surface area contributed by atoms with Gasteiger partial charge in [-0.3, -0.25) is 0 Å². The standard InChI is InChI=1S/C16H13F5O/c1-2-11-5-3-4-6-14(11)12-7-9-13(10-8-12)22-16(20,21)15(17,18)19/h3-10H,2H2,1H3. The van der Waals surface area contributed by atoms with Crippen LogP contribution < -0.4 is 4.74 Å². The average Bonchev–Trinajstić information content (AvgIpc) is 2.46. The van der Waals surface area contributed by atoms with Gasteiger partial charge in [0.25, 0.3) is 0 Å². The molecule has 0 aliphatic rings. The second-order valence-electron chi connectivity index (χ2n) is 4.65. The smallest absolute Gasteiger partial charge is 0.426 e. The predicted octanol–water partition coefficient (Wildman–Crippen LogP) is 5.45. The number of ether oxygens (including phenoxy) is 1. The lowest BCUT2D eigenvalue weighted by Crippen LogP contribution is -2.41. The summed E-state index contributed by atoms with van der Waals surface area (Å²) in [5.41, 5.74) is 2.68. The van der Waals surface area contributed by atoms with Crippen molar-refractivity contribution >= 4 is 0 Å². The van der Waals surface area contributed by atoms with Crippen molar-refractivity contribution < 1.29 is 26.7 Å². The Hall–Kier alpha value is -2.11. The highest BCUT2D eigenvalue weighted by molar-refractivity contribution is 5.67. The van der Waals surface area contributed by atoms with Crippen molar-refractivity contribution in [2.24, 2.45) is 0 Å². The lowest BCUT2D eigenvalue weighted by molar-refractivity contribution is -0.360. The molecule has 118 valence electrons. The molecule has 0 spiro atoms. The van der Waals surface area contributed by atoms with Crippen LogP contribution in [0.2, 0.25) is 0 Å². The first-order chi connectivity index (χ1) is 10.2. The van der Waals surface area contributed by atoms with Crippen molar-refractivity contribution in [3.63, 3.8) is 0 Å². The molecule has 0 unspecified atom stereocenters. The Morgan fingerprint density at radius 2 is 1.45 bits per heavy atom. The van der Waals surface area contributed by atoms with E-state index in [1.54, 1.807) is 0 Å². The van der Waals surface area contributed by atoms with E-state index in [2.05, 4.69) is 4.74 Å². The number of hydrogen-bond donors (Lipinski definition) is 0. The van der Waals surface area contributed by atoms with Crippen LogP contribution in [0.15, 0.2) is 48.5 Å². The van der Waals surface area contributed by atoms with Gasteiger partial charge >= 0.3 is 12.3 Å². The van der Waals surface area contributed by atoms with Crippen molar-refractivity contribution in [1.29, 1.82) is 0 Å². The lowest BCUT2D eigenvalue weighted by atomic mass is 9.98. The van der Waals surface area contributed by atoms with Crippen molar-refractivity contribution in [1.82, 2.24) is 0 Å². The molecule has 0 aliphatic heterocycles. The Kier molecular flexibility index (Phi) is 4.39.